The van der Waals surface area contributed by atoms with Gasteiger partial charge < -0.3 is 4.74 Å². The highest BCUT2D eigenvalue weighted by Gasteiger charge is 2.46. The molecule has 0 radical (unpaired) electrons. The first-order valence-electron chi connectivity index (χ1n) is 11.5. The summed E-state index contributed by atoms with van der Waals surface area (Å²) in [6, 6.07) is 15.0. The van der Waals surface area contributed by atoms with Gasteiger partial charge in [0.15, 0.2) is 5.82 Å². The number of hydrazine groups is 1. The predicted molar refractivity (Wildman–Crippen MR) is 126 cm³/mol. The molecule has 1 amide bonds. The lowest BCUT2D eigenvalue weighted by molar-refractivity contribution is -0.00599. The minimum Gasteiger partial charge on any atom is -0.493 e. The van der Waals surface area contributed by atoms with Crippen LogP contribution in [0.1, 0.15) is 27.5 Å². The van der Waals surface area contributed by atoms with Crippen LogP contribution in [0.2, 0.25) is 0 Å². The molecule has 1 saturated heterocycles. The zero-order valence-electron chi connectivity index (χ0n) is 19.1. The van der Waals surface area contributed by atoms with Crippen molar-refractivity contribution in [1.29, 1.82) is 0 Å². The van der Waals surface area contributed by atoms with Crippen LogP contribution in [0.3, 0.4) is 0 Å². The van der Waals surface area contributed by atoms with E-state index in [0.29, 0.717) is 31.3 Å². The third-order valence-electron chi connectivity index (χ3n) is 6.51. The lowest BCUT2D eigenvalue weighted by atomic mass is 9.91. The van der Waals surface area contributed by atoms with E-state index in [2.05, 4.69) is 15.0 Å². The van der Waals surface area contributed by atoms with Gasteiger partial charge in [-0.05, 0) is 29.8 Å². The van der Waals surface area contributed by atoms with Crippen molar-refractivity contribution in [1.82, 2.24) is 25.0 Å². The van der Waals surface area contributed by atoms with E-state index in [1.165, 1.54) is 24.4 Å². The first-order valence-corrected chi connectivity index (χ1v) is 11.5. The van der Waals surface area contributed by atoms with Crippen molar-refractivity contribution < 1.29 is 18.3 Å². The molecule has 7 nitrogen and oxygen atoms in total. The van der Waals surface area contributed by atoms with Crippen molar-refractivity contribution in [3.8, 4) is 17.1 Å². The van der Waals surface area contributed by atoms with Gasteiger partial charge >= 0.3 is 0 Å². The third-order valence-corrected chi connectivity index (χ3v) is 6.51. The zero-order chi connectivity index (χ0) is 24.6. The molecule has 4 heterocycles. The Balaban J connectivity index is 1.39. The number of amides is 1. The van der Waals surface area contributed by atoms with Crippen LogP contribution in [-0.4, -0.2) is 44.0 Å². The molecule has 2 atom stereocenters. The third kappa shape index (κ3) is 4.07. The van der Waals surface area contributed by atoms with Gasteiger partial charge in [0.25, 0.3) is 5.91 Å². The second-order valence-corrected chi connectivity index (χ2v) is 8.85. The number of hydrogen-bond acceptors (Lipinski definition) is 6. The Morgan fingerprint density at radius 3 is 2.69 bits per heavy atom. The van der Waals surface area contributed by atoms with Gasteiger partial charge in [-0.2, -0.15) is 0 Å². The standard InChI is InChI=1S/C27H21F2N5O2/c28-21-5-6-23-24(11-21)36-16-20-15-34(27(35)19-10-22(29)13-30-12-19)33(25(20)23)14-17-3-1-4-18(9-17)26-31-7-2-8-32-26/h1-13,20,25H,14-16H2/t20-,25-/m1/s1. The first kappa shape index (κ1) is 22.2. The van der Waals surface area contributed by atoms with Crippen molar-refractivity contribution in [2.24, 2.45) is 5.92 Å². The Labute approximate surface area is 206 Å². The largest absolute Gasteiger partial charge is 0.493 e. The average Bonchev–Trinajstić information content (AvgIpc) is 3.27. The van der Waals surface area contributed by atoms with Gasteiger partial charge in [0.05, 0.1) is 24.4 Å². The monoisotopic (exact) mass is 485 g/mol. The van der Waals surface area contributed by atoms with Crippen molar-refractivity contribution in [2.75, 3.05) is 13.2 Å². The van der Waals surface area contributed by atoms with E-state index in [1.807, 2.05) is 29.3 Å². The molecule has 0 saturated carbocycles. The fourth-order valence-electron chi connectivity index (χ4n) is 4.96. The molecule has 4 aromatic rings. The number of pyridine rings is 1. The molecular formula is C27H21F2N5O2. The fourth-order valence-corrected chi connectivity index (χ4v) is 4.96. The Morgan fingerprint density at radius 2 is 1.86 bits per heavy atom. The Kier molecular flexibility index (Phi) is 5.61. The van der Waals surface area contributed by atoms with E-state index in [9.17, 15) is 13.6 Å². The van der Waals surface area contributed by atoms with Gasteiger partial charge in [-0.3, -0.25) is 14.8 Å². The highest BCUT2D eigenvalue weighted by molar-refractivity contribution is 5.93. The summed E-state index contributed by atoms with van der Waals surface area (Å²) in [5, 5.41) is 3.58. The number of rotatable bonds is 4. The maximum Gasteiger partial charge on any atom is 0.269 e. The van der Waals surface area contributed by atoms with Crippen molar-refractivity contribution in [2.45, 2.75) is 12.6 Å². The minimum absolute atomic E-state index is 0.0472. The van der Waals surface area contributed by atoms with Crippen LogP contribution in [0.25, 0.3) is 11.4 Å². The smallest absolute Gasteiger partial charge is 0.269 e. The van der Waals surface area contributed by atoms with E-state index in [1.54, 1.807) is 29.5 Å². The summed E-state index contributed by atoms with van der Waals surface area (Å²) in [7, 11) is 0. The van der Waals surface area contributed by atoms with Crippen LogP contribution in [0.15, 0.2) is 79.4 Å². The molecule has 180 valence electrons. The topological polar surface area (TPSA) is 71.5 Å². The molecule has 0 spiro atoms. The number of carbonyl (C=O) groups excluding carboxylic acids is 1. The summed E-state index contributed by atoms with van der Waals surface area (Å²) in [5.41, 5.74) is 2.75. The molecule has 2 aromatic heterocycles. The number of carbonyl (C=O) groups is 1. The zero-order valence-corrected chi connectivity index (χ0v) is 19.1. The molecule has 9 heteroatoms. The Hall–Kier alpha value is -4.24. The average molecular weight is 485 g/mol. The molecule has 2 aliphatic heterocycles. The highest BCUT2D eigenvalue weighted by Crippen LogP contribution is 2.45. The van der Waals surface area contributed by atoms with Crippen LogP contribution in [0, 0.1) is 17.6 Å². The van der Waals surface area contributed by atoms with E-state index in [-0.39, 0.29) is 29.2 Å². The number of hydrogen-bond donors (Lipinski definition) is 0. The molecule has 6 rings (SSSR count). The number of nitrogens with zero attached hydrogens (tertiary/aromatic N) is 5. The van der Waals surface area contributed by atoms with Gasteiger partial charge in [-0.1, -0.05) is 24.3 Å². The first-order chi connectivity index (χ1) is 17.6. The molecule has 2 aliphatic rings. The Morgan fingerprint density at radius 1 is 1.00 bits per heavy atom. The maximum absolute atomic E-state index is 13.9. The molecule has 0 aliphatic carbocycles. The van der Waals surface area contributed by atoms with Crippen molar-refractivity contribution >= 4 is 5.91 Å². The highest BCUT2D eigenvalue weighted by atomic mass is 19.1. The summed E-state index contributed by atoms with van der Waals surface area (Å²) in [4.78, 5) is 26.1. The fraction of sp³-hybridized carbons (Fsp3) is 0.185. The summed E-state index contributed by atoms with van der Waals surface area (Å²) < 4.78 is 33.7. The number of benzene rings is 2. The van der Waals surface area contributed by atoms with Crippen LogP contribution >= 0.6 is 0 Å². The summed E-state index contributed by atoms with van der Waals surface area (Å²) >= 11 is 0. The second kappa shape index (κ2) is 9.09. The van der Waals surface area contributed by atoms with Crippen LogP contribution in [0.5, 0.6) is 5.75 Å². The molecule has 2 aromatic carbocycles. The summed E-state index contributed by atoms with van der Waals surface area (Å²) in [6.07, 6.45) is 5.80. The van der Waals surface area contributed by atoms with Gasteiger partial charge in [-0.25, -0.2) is 23.8 Å². The van der Waals surface area contributed by atoms with Crippen LogP contribution in [-0.2, 0) is 6.54 Å². The van der Waals surface area contributed by atoms with Gasteiger partial charge in [0.1, 0.15) is 17.4 Å². The number of aromatic nitrogens is 3. The number of halogens is 2. The number of fused-ring (bicyclic) bond motifs is 3. The maximum atomic E-state index is 13.9. The van der Waals surface area contributed by atoms with Gasteiger partial charge in [-0.15, -0.1) is 0 Å². The second-order valence-electron chi connectivity index (χ2n) is 8.85. The van der Waals surface area contributed by atoms with E-state index in [4.69, 9.17) is 4.74 Å². The SMILES string of the molecule is O=C(c1cncc(F)c1)N1C[C@@H]2COc3cc(F)ccc3[C@@H]2N1Cc1cccc(-c2ncccn2)c1. The van der Waals surface area contributed by atoms with E-state index >= 15 is 0 Å². The van der Waals surface area contributed by atoms with Crippen LogP contribution < -0.4 is 4.74 Å². The molecule has 36 heavy (non-hydrogen) atoms. The molecule has 0 unspecified atom stereocenters. The molecule has 0 bridgehead atoms. The Bertz CT molecular complexity index is 1430. The van der Waals surface area contributed by atoms with Crippen LogP contribution in [0.4, 0.5) is 8.78 Å². The molecule has 0 N–H and O–H groups in total. The molecular weight excluding hydrogens is 464 g/mol. The van der Waals surface area contributed by atoms with Gasteiger partial charge in [0, 0.05) is 54.8 Å². The number of ether oxygens (including phenoxy) is 1. The minimum atomic E-state index is -0.580. The van der Waals surface area contributed by atoms with Crippen molar-refractivity contribution in [3.05, 3.63) is 108 Å². The van der Waals surface area contributed by atoms with E-state index in [0.717, 1.165) is 22.9 Å². The molecule has 1 fully saturated rings. The lowest BCUT2D eigenvalue weighted by Crippen LogP contribution is -2.42. The summed E-state index contributed by atoms with van der Waals surface area (Å²) in [6.45, 7) is 1.09. The lowest BCUT2D eigenvalue weighted by Gasteiger charge is -2.35. The normalized spacial score (nSPS) is 18.9. The quantitative estimate of drug-likeness (QED) is 0.426. The predicted octanol–water partition coefficient (Wildman–Crippen LogP) is 4.44. The summed E-state index contributed by atoms with van der Waals surface area (Å²) in [5.74, 6) is -0.301. The van der Waals surface area contributed by atoms with E-state index < -0.39 is 5.82 Å². The van der Waals surface area contributed by atoms with Gasteiger partial charge in [0.2, 0.25) is 0 Å². The van der Waals surface area contributed by atoms with Crippen molar-refractivity contribution in [3.63, 3.8) is 0 Å².